The van der Waals surface area contributed by atoms with Crippen LogP contribution < -0.4 is 59.3 Å². The summed E-state index contributed by atoms with van der Waals surface area (Å²) in [5, 5.41) is 54.5. The van der Waals surface area contributed by atoms with E-state index in [1.807, 2.05) is 0 Å². The number of nitrogens with two attached hydrogens (primary N) is 2. The van der Waals surface area contributed by atoms with Crippen LogP contribution in [0.1, 0.15) is 106 Å². The van der Waals surface area contributed by atoms with Crippen LogP contribution in [0.2, 0.25) is 0 Å². The minimum atomic E-state index is -2.20. The molecule has 0 aliphatic carbocycles. The summed E-state index contributed by atoms with van der Waals surface area (Å²) >= 11 is 0.613. The zero-order chi connectivity index (χ0) is 98.6. The average molecular weight is 1900 g/mol. The molecule has 3 fully saturated rings. The first-order chi connectivity index (χ1) is 64.3. The molecule has 0 bridgehead atoms. The minimum Gasteiger partial charge on any atom is -0.508 e. The highest BCUT2D eigenvalue weighted by Gasteiger charge is 2.47. The van der Waals surface area contributed by atoms with Gasteiger partial charge in [-0.1, -0.05) is 131 Å². The van der Waals surface area contributed by atoms with Crippen molar-refractivity contribution < 1.29 is 115 Å². The number of carbonyl (C=O) groups is 17. The summed E-state index contributed by atoms with van der Waals surface area (Å²) in [6.45, 7) is 8.47. The van der Waals surface area contributed by atoms with Gasteiger partial charge in [0.1, 0.15) is 84.3 Å². The molecular weight excluding hydrogens is 1780 g/mol. The number of carbonyl (C=O) groups excluding carboxylic acids is 15. The lowest BCUT2D eigenvalue weighted by Gasteiger charge is -2.38. The Labute approximate surface area is 780 Å². The SMILES string of the molecule is C=C(C(=O)O)[C@@H]1NC(=O)C2CCCN2C(=O)[C@H](CCCC)N(C)C(=O)[C@H](Cc2ccccc2)N(C)C(=O)[C@H](C(=C)c2cc(F)c(F)c(F)c2)NC(=O)CSC[C@@H](C(=O)NCC(N)=O)NC(=O)[C@H](CCCN)NC(=O)[C@H](Cc2ccc(O)cc2)NC(=O)C(Cc2c[nH]c3ccccc23)NC(=O)[C@H]2COCCN2C(=O)[C@H](CCC(=O)O)NC(=O)[C@H](Cc2ccccc2)N(C)C(=O)[C@H](CC)NC1=O. The standard InChI is InChI=1S/C93H114F3N17O21S/c1-8-10-28-70-91(130)112-37-20-29-69(112)84(123)108-78(52(4)93(132)133)87(126)101-62(9-2)88(127)110(6)71(41-53-21-13-11-14-22-53)85(124)103-65(34-35-76(117)118)89(128)113-38-39-134-48-73(113)86(125)105-67(45-57-46-99-63-26-18-17-25-59(57)63)83(122)104-66(40-55-30-32-58(114)33-31-55)82(121)102-64(27-19-36-97)81(120)106-68(80(119)100-47-74(98)115)49-135-50-75(116)107-79(51(3)56-43-60(94)77(96)61(95)44-56)92(131)111(7)72(90(129)109(70)5)42-54-23-15-12-16-24-54/h11-18,21-26,30-33,43-44,46,62,64-73,78-79,99,114H,3-4,8-10,19-20,27-29,34-42,45,47-50,97H2,1-2,5-7H3,(H2,98,115)(H,100,119)(H,101,126)(H,102,121)(H,103,124)(H,104,122)(H,105,125)(H,106,120)(H,107,116)(H,108,123)(H,117,118)(H,132,133)/t62-,64-,65-,66-,67?,68-,69?,70-,71-,72-,73+,78-,79-/m0/s1. The number of thioether (sulfide) groups is 1. The zero-order valence-corrected chi connectivity index (χ0v) is 76.0. The Morgan fingerprint density at radius 1 is 0.556 bits per heavy atom. The van der Waals surface area contributed by atoms with Gasteiger partial charge in [0.05, 0.1) is 31.1 Å². The summed E-state index contributed by atoms with van der Waals surface area (Å²) in [4.78, 5) is 258. The number of morpholine rings is 1. The van der Waals surface area contributed by atoms with Crippen molar-refractivity contribution >= 4 is 129 Å². The Hall–Kier alpha value is -14.0. The second kappa shape index (κ2) is 49.6. The number of hydrogen-bond donors (Lipinski definition) is 15. The molecule has 6 aromatic rings. The van der Waals surface area contributed by atoms with Crippen LogP contribution in [0.3, 0.4) is 0 Å². The molecule has 135 heavy (non-hydrogen) atoms. The number of aromatic hydroxyl groups is 1. The van der Waals surface area contributed by atoms with Crippen LogP contribution in [0.5, 0.6) is 5.75 Å². The third kappa shape index (κ3) is 28.3. The summed E-state index contributed by atoms with van der Waals surface area (Å²) in [7, 11) is 3.58. The van der Waals surface area contributed by atoms with Gasteiger partial charge in [0.2, 0.25) is 88.6 Å². The van der Waals surface area contributed by atoms with Gasteiger partial charge in [-0.3, -0.25) is 76.7 Å². The van der Waals surface area contributed by atoms with E-state index < -0.39 is 257 Å². The summed E-state index contributed by atoms with van der Waals surface area (Å²) < 4.78 is 51.2. The molecule has 38 nitrogen and oxygen atoms in total. The molecule has 4 heterocycles. The highest BCUT2D eigenvalue weighted by molar-refractivity contribution is 8.00. The first-order valence-corrected chi connectivity index (χ1v) is 45.1. The number of aromatic amines is 1. The zero-order valence-electron chi connectivity index (χ0n) is 75.2. The van der Waals surface area contributed by atoms with Crippen molar-refractivity contribution in [1.82, 2.24) is 77.3 Å². The number of fused-ring (bicyclic) bond motifs is 3. The molecule has 17 N–H and O–H groups in total. The van der Waals surface area contributed by atoms with Crippen molar-refractivity contribution in [3.63, 3.8) is 0 Å². The average Bonchev–Trinajstić information content (AvgIpc) is 1.46. The van der Waals surface area contributed by atoms with Crippen molar-refractivity contribution in [2.45, 2.75) is 182 Å². The first-order valence-electron chi connectivity index (χ1n) is 44.0. The van der Waals surface area contributed by atoms with Crippen LogP contribution in [0.15, 0.2) is 146 Å². The van der Waals surface area contributed by atoms with E-state index in [1.54, 1.807) is 98.0 Å². The van der Waals surface area contributed by atoms with Gasteiger partial charge in [-0.2, -0.15) is 0 Å². The van der Waals surface area contributed by atoms with Crippen LogP contribution in [-0.4, -0.2) is 296 Å². The van der Waals surface area contributed by atoms with E-state index in [9.17, 15) is 58.1 Å². The Balaban J connectivity index is 1.15. The number of para-hydroxylation sites is 1. The molecule has 0 radical (unpaired) electrons. The maximum Gasteiger partial charge on any atom is 0.333 e. The number of aromatic nitrogens is 1. The Kier molecular flexibility index (Phi) is 38.5. The number of halogens is 3. The van der Waals surface area contributed by atoms with Crippen molar-refractivity contribution in [1.29, 1.82) is 0 Å². The number of ether oxygens (including phenoxy) is 1. The molecular formula is C93H114F3N17O21S. The van der Waals surface area contributed by atoms with Crippen LogP contribution in [-0.2, 0) is 112 Å². The van der Waals surface area contributed by atoms with E-state index in [4.69, 9.17) is 16.2 Å². The van der Waals surface area contributed by atoms with Gasteiger partial charge in [-0.25, -0.2) is 18.0 Å². The third-order valence-corrected chi connectivity index (χ3v) is 24.7. The van der Waals surface area contributed by atoms with Gasteiger partial charge in [0.15, 0.2) is 17.5 Å². The largest absolute Gasteiger partial charge is 0.508 e. The van der Waals surface area contributed by atoms with Gasteiger partial charge in [0.25, 0.3) is 0 Å². The quantitative estimate of drug-likeness (QED) is 0.0281. The van der Waals surface area contributed by atoms with E-state index in [2.05, 4.69) is 66.0 Å². The van der Waals surface area contributed by atoms with E-state index in [0.717, 1.165) is 31.5 Å². The summed E-state index contributed by atoms with van der Waals surface area (Å²) in [6, 6.07) is 6.80. The van der Waals surface area contributed by atoms with E-state index in [1.165, 1.54) is 45.3 Å². The lowest BCUT2D eigenvalue weighted by atomic mass is 9.96. The number of likely N-dealkylation sites (N-methyl/N-ethyl adjacent to an activating group) is 3. The van der Waals surface area contributed by atoms with E-state index >= 15 is 51.9 Å². The lowest BCUT2D eigenvalue weighted by Crippen LogP contribution is -2.64. The fraction of sp³-hybridized carbons (Fsp3) is 0.430. The Bertz CT molecular complexity index is 5340. The van der Waals surface area contributed by atoms with Crippen LogP contribution >= 0.6 is 11.8 Å². The fourth-order valence-electron chi connectivity index (χ4n) is 16.0. The Morgan fingerprint density at radius 2 is 1.12 bits per heavy atom. The number of benzene rings is 5. The second-order valence-corrected chi connectivity index (χ2v) is 34.1. The summed E-state index contributed by atoms with van der Waals surface area (Å²) in [6.07, 6.45) is -1.25. The number of nitrogens with one attached hydrogen (secondary N) is 10. The van der Waals surface area contributed by atoms with Crippen molar-refractivity contribution in [3.8, 4) is 5.75 Å². The predicted molar refractivity (Wildman–Crippen MR) is 487 cm³/mol. The molecule has 9 rings (SSSR count). The number of primary amides is 1. The van der Waals surface area contributed by atoms with Crippen LogP contribution in [0.25, 0.3) is 16.5 Å². The molecule has 15 amide bonds. The van der Waals surface area contributed by atoms with Crippen LogP contribution in [0, 0.1) is 17.5 Å². The molecule has 2 unspecified atom stereocenters. The lowest BCUT2D eigenvalue weighted by molar-refractivity contribution is -0.152. The number of hydrogen-bond acceptors (Lipinski definition) is 21. The molecule has 3 aliphatic rings. The smallest absolute Gasteiger partial charge is 0.333 e. The van der Waals surface area contributed by atoms with E-state index in [0.29, 0.717) is 63.5 Å². The number of carboxylic acids is 2. The molecule has 42 heteroatoms. The van der Waals surface area contributed by atoms with Gasteiger partial charge in [-0.15, -0.1) is 11.8 Å². The normalized spacial score (nSPS) is 23.3. The van der Waals surface area contributed by atoms with Gasteiger partial charge < -0.3 is 109 Å². The topological polar surface area (TPSA) is 552 Å². The van der Waals surface area contributed by atoms with E-state index in [-0.39, 0.29) is 96.2 Å². The summed E-state index contributed by atoms with van der Waals surface area (Å²) in [5.41, 5.74) is 11.5. The maximum absolute atomic E-state index is 15.7. The van der Waals surface area contributed by atoms with Gasteiger partial charge in [-0.05, 0) is 115 Å². The maximum atomic E-state index is 15.7. The number of amides is 15. The van der Waals surface area contributed by atoms with Crippen molar-refractivity contribution in [2.24, 2.45) is 11.5 Å². The molecule has 5 aromatic carbocycles. The van der Waals surface area contributed by atoms with Crippen molar-refractivity contribution in [2.75, 3.05) is 72.0 Å². The van der Waals surface area contributed by atoms with Gasteiger partial charge >= 0.3 is 11.9 Å². The van der Waals surface area contributed by atoms with Crippen molar-refractivity contribution in [3.05, 3.63) is 192 Å². The number of rotatable bonds is 25. The highest BCUT2D eigenvalue weighted by Crippen LogP contribution is 2.29. The second-order valence-electron chi connectivity index (χ2n) is 33.1. The minimum absolute atomic E-state index is 0.00215. The molecule has 1 aromatic heterocycles. The molecule has 3 saturated heterocycles. The number of aliphatic carboxylic acids is 2. The highest BCUT2D eigenvalue weighted by atomic mass is 32.2. The number of unbranched alkanes of at least 4 members (excludes halogenated alkanes) is 1. The molecule has 0 spiro atoms. The van der Waals surface area contributed by atoms with Crippen LogP contribution in [0.4, 0.5) is 13.2 Å². The predicted octanol–water partition coefficient (Wildman–Crippen LogP) is 1.05. The number of carboxylic acid groups (broad SMARTS) is 2. The molecule has 3 aliphatic heterocycles. The number of phenolic OH excluding ortho intramolecular Hbond substituents is 1. The Morgan fingerprint density at radius 3 is 1.74 bits per heavy atom. The number of H-pyrrole nitrogens is 1. The first kappa shape index (κ1) is 105. The third-order valence-electron chi connectivity index (χ3n) is 23.6. The molecule has 724 valence electrons. The molecule has 0 saturated carbocycles. The number of phenols is 1. The number of nitrogens with zero attached hydrogens (tertiary/aromatic N) is 5. The fourth-order valence-corrected chi connectivity index (χ4v) is 16.8. The van der Waals surface area contributed by atoms with Gasteiger partial charge in [0, 0.05) is 89.2 Å². The summed E-state index contributed by atoms with van der Waals surface area (Å²) in [5.74, 6) is -26.2. The molecule has 13 atom stereocenters. The monoisotopic (exact) mass is 1890 g/mol.